The van der Waals surface area contributed by atoms with E-state index in [0.717, 1.165) is 5.56 Å². The van der Waals surface area contributed by atoms with Crippen LogP contribution in [-0.2, 0) is 4.79 Å². The molecule has 4 nitrogen and oxygen atoms in total. The smallest absolute Gasteiger partial charge is 0.337 e. The molecule has 0 saturated heterocycles. The number of benzene rings is 2. The van der Waals surface area contributed by atoms with Gasteiger partial charge in [-0.25, -0.2) is 4.79 Å². The molecule has 1 amide bonds. The molecular formula is C16H12BrNO3. The number of carbonyl (C=O) groups is 2. The zero-order valence-electron chi connectivity index (χ0n) is 10.9. The first-order valence-electron chi connectivity index (χ1n) is 6.13. The lowest BCUT2D eigenvalue weighted by molar-refractivity contribution is -0.111. The summed E-state index contributed by atoms with van der Waals surface area (Å²) in [5.74, 6) is -1.48. The summed E-state index contributed by atoms with van der Waals surface area (Å²) < 4.78 is 0.690. The van der Waals surface area contributed by atoms with Gasteiger partial charge in [-0.3, -0.25) is 4.79 Å². The molecule has 2 aromatic carbocycles. The van der Waals surface area contributed by atoms with Crippen LogP contribution in [0.15, 0.2) is 59.1 Å². The molecule has 0 spiro atoms. The second kappa shape index (κ2) is 6.85. The van der Waals surface area contributed by atoms with Gasteiger partial charge in [0.15, 0.2) is 0 Å². The Morgan fingerprint density at radius 3 is 2.48 bits per heavy atom. The van der Waals surface area contributed by atoms with Crippen LogP contribution in [0.4, 0.5) is 5.69 Å². The fraction of sp³-hybridized carbons (Fsp3) is 0. The van der Waals surface area contributed by atoms with Gasteiger partial charge in [-0.15, -0.1) is 0 Å². The molecule has 2 aromatic rings. The molecule has 0 aromatic heterocycles. The lowest BCUT2D eigenvalue weighted by atomic mass is 10.1. The van der Waals surface area contributed by atoms with E-state index >= 15 is 0 Å². The molecule has 0 aliphatic heterocycles. The highest BCUT2D eigenvalue weighted by molar-refractivity contribution is 9.10. The molecule has 0 saturated carbocycles. The minimum Gasteiger partial charge on any atom is -0.478 e. The number of rotatable bonds is 4. The topological polar surface area (TPSA) is 66.4 Å². The van der Waals surface area contributed by atoms with Gasteiger partial charge in [0.1, 0.15) is 0 Å². The highest BCUT2D eigenvalue weighted by Crippen LogP contribution is 2.21. The maximum Gasteiger partial charge on any atom is 0.337 e. The summed E-state index contributed by atoms with van der Waals surface area (Å²) in [7, 11) is 0. The minimum atomic E-state index is -1.09. The summed E-state index contributed by atoms with van der Waals surface area (Å²) in [6, 6.07) is 14.0. The molecule has 0 radical (unpaired) electrons. The van der Waals surface area contributed by atoms with Crippen LogP contribution in [0.5, 0.6) is 0 Å². The van der Waals surface area contributed by atoms with E-state index in [1.165, 1.54) is 12.1 Å². The number of amides is 1. The monoisotopic (exact) mass is 345 g/mol. The fourth-order valence-corrected chi connectivity index (χ4v) is 2.08. The van der Waals surface area contributed by atoms with Crippen LogP contribution < -0.4 is 5.32 Å². The molecule has 2 rings (SSSR count). The molecule has 0 aliphatic carbocycles. The summed E-state index contributed by atoms with van der Waals surface area (Å²) in [5.41, 5.74) is 1.18. The first-order chi connectivity index (χ1) is 10.1. The quantitative estimate of drug-likeness (QED) is 0.828. The number of hydrogen-bond donors (Lipinski definition) is 2. The number of hydrogen-bond acceptors (Lipinski definition) is 2. The van der Waals surface area contributed by atoms with E-state index < -0.39 is 5.97 Å². The van der Waals surface area contributed by atoms with Crippen LogP contribution in [0.1, 0.15) is 15.9 Å². The van der Waals surface area contributed by atoms with E-state index in [-0.39, 0.29) is 17.2 Å². The van der Waals surface area contributed by atoms with Gasteiger partial charge in [0.2, 0.25) is 5.91 Å². The van der Waals surface area contributed by atoms with Gasteiger partial charge in [-0.1, -0.05) is 46.3 Å². The van der Waals surface area contributed by atoms with E-state index in [4.69, 9.17) is 5.11 Å². The Balaban J connectivity index is 2.15. The van der Waals surface area contributed by atoms with Crippen molar-refractivity contribution in [3.05, 3.63) is 70.2 Å². The van der Waals surface area contributed by atoms with Crippen molar-refractivity contribution in [3.63, 3.8) is 0 Å². The Bertz CT molecular complexity index is 696. The Kier molecular flexibility index (Phi) is 4.90. The lowest BCUT2D eigenvalue weighted by Crippen LogP contribution is -2.12. The Labute approximate surface area is 130 Å². The third kappa shape index (κ3) is 4.29. The molecule has 0 bridgehead atoms. The van der Waals surface area contributed by atoms with Crippen molar-refractivity contribution in [2.45, 2.75) is 0 Å². The molecular weight excluding hydrogens is 334 g/mol. The number of carboxylic acid groups (broad SMARTS) is 1. The van der Waals surface area contributed by atoms with Crippen LogP contribution in [0.25, 0.3) is 6.08 Å². The highest BCUT2D eigenvalue weighted by atomic mass is 79.9. The summed E-state index contributed by atoms with van der Waals surface area (Å²) in [6.45, 7) is 0. The second-order valence-electron chi connectivity index (χ2n) is 4.23. The van der Waals surface area contributed by atoms with Crippen molar-refractivity contribution in [2.75, 3.05) is 5.32 Å². The molecule has 5 heteroatoms. The van der Waals surface area contributed by atoms with Crippen molar-refractivity contribution >= 4 is 39.6 Å². The summed E-state index contributed by atoms with van der Waals surface area (Å²) >= 11 is 3.25. The van der Waals surface area contributed by atoms with Crippen LogP contribution in [0.2, 0.25) is 0 Å². The SMILES string of the molecule is O=C(C=Cc1ccccc1)Nc1cc(Br)ccc1C(=O)O. The molecule has 21 heavy (non-hydrogen) atoms. The predicted molar refractivity (Wildman–Crippen MR) is 85.2 cm³/mol. The third-order valence-electron chi connectivity index (χ3n) is 2.70. The highest BCUT2D eigenvalue weighted by Gasteiger charge is 2.11. The van der Waals surface area contributed by atoms with Crippen LogP contribution in [0, 0.1) is 0 Å². The van der Waals surface area contributed by atoms with E-state index in [1.54, 1.807) is 18.2 Å². The van der Waals surface area contributed by atoms with Crippen molar-refractivity contribution in [3.8, 4) is 0 Å². The van der Waals surface area contributed by atoms with Crippen molar-refractivity contribution in [1.82, 2.24) is 0 Å². The Morgan fingerprint density at radius 2 is 1.81 bits per heavy atom. The van der Waals surface area contributed by atoms with E-state index in [0.29, 0.717) is 4.47 Å². The standard InChI is InChI=1S/C16H12BrNO3/c17-12-7-8-13(16(20)21)14(10-12)18-15(19)9-6-11-4-2-1-3-5-11/h1-10H,(H,18,19)(H,20,21). The van der Waals surface area contributed by atoms with Gasteiger partial charge in [0.25, 0.3) is 0 Å². The predicted octanol–water partition coefficient (Wildman–Crippen LogP) is 3.80. The maximum absolute atomic E-state index is 11.9. The zero-order valence-corrected chi connectivity index (χ0v) is 12.5. The number of anilines is 1. The molecule has 0 unspecified atom stereocenters. The number of carboxylic acids is 1. The molecule has 106 valence electrons. The normalized spacial score (nSPS) is 10.5. The second-order valence-corrected chi connectivity index (χ2v) is 5.14. The minimum absolute atomic E-state index is 0.0414. The number of nitrogens with one attached hydrogen (secondary N) is 1. The number of halogens is 1. The number of aromatic carboxylic acids is 1. The van der Waals surface area contributed by atoms with Gasteiger partial charge in [-0.2, -0.15) is 0 Å². The van der Waals surface area contributed by atoms with E-state index in [9.17, 15) is 9.59 Å². The summed E-state index contributed by atoms with van der Waals surface area (Å²) in [5, 5.41) is 11.7. The van der Waals surface area contributed by atoms with Gasteiger partial charge in [0.05, 0.1) is 11.3 Å². The van der Waals surface area contributed by atoms with Gasteiger partial charge < -0.3 is 10.4 Å². The first kappa shape index (κ1) is 15.0. The summed E-state index contributed by atoms with van der Waals surface area (Å²) in [4.78, 5) is 23.0. The average molecular weight is 346 g/mol. The molecule has 0 aliphatic rings. The van der Waals surface area contributed by atoms with Crippen LogP contribution in [-0.4, -0.2) is 17.0 Å². The van der Waals surface area contributed by atoms with Crippen LogP contribution in [0.3, 0.4) is 0 Å². The van der Waals surface area contributed by atoms with E-state index in [2.05, 4.69) is 21.2 Å². The van der Waals surface area contributed by atoms with Crippen molar-refractivity contribution < 1.29 is 14.7 Å². The average Bonchev–Trinajstić information content (AvgIpc) is 2.46. The largest absolute Gasteiger partial charge is 0.478 e. The van der Waals surface area contributed by atoms with Crippen LogP contribution >= 0.6 is 15.9 Å². The van der Waals surface area contributed by atoms with Gasteiger partial charge >= 0.3 is 5.97 Å². The third-order valence-corrected chi connectivity index (χ3v) is 3.19. The zero-order chi connectivity index (χ0) is 15.2. The maximum atomic E-state index is 11.9. The van der Waals surface area contributed by atoms with Gasteiger partial charge in [-0.05, 0) is 29.8 Å². The molecule has 0 atom stereocenters. The van der Waals surface area contributed by atoms with E-state index in [1.807, 2.05) is 30.3 Å². The lowest BCUT2D eigenvalue weighted by Gasteiger charge is -2.07. The molecule has 2 N–H and O–H groups in total. The van der Waals surface area contributed by atoms with Gasteiger partial charge in [0, 0.05) is 10.5 Å². The first-order valence-corrected chi connectivity index (χ1v) is 6.92. The Hall–Kier alpha value is -2.40. The molecule has 0 heterocycles. The van der Waals surface area contributed by atoms with Crippen molar-refractivity contribution in [2.24, 2.45) is 0 Å². The fourth-order valence-electron chi connectivity index (χ4n) is 1.72. The summed E-state index contributed by atoms with van der Waals surface area (Å²) in [6.07, 6.45) is 3.02. The Morgan fingerprint density at radius 1 is 1.10 bits per heavy atom. The van der Waals surface area contributed by atoms with Crippen molar-refractivity contribution in [1.29, 1.82) is 0 Å². The molecule has 0 fully saturated rings. The number of carbonyl (C=O) groups excluding carboxylic acids is 1.